The minimum atomic E-state index is 0.0503. The van der Waals surface area contributed by atoms with E-state index in [-0.39, 0.29) is 6.10 Å². The molecule has 0 amide bonds. The fourth-order valence-corrected chi connectivity index (χ4v) is 3.35. The number of aromatic nitrogens is 3. The third-order valence-corrected chi connectivity index (χ3v) is 4.55. The molecule has 0 spiro atoms. The number of hydrogen-bond acceptors (Lipinski definition) is 4. The lowest BCUT2D eigenvalue weighted by Crippen LogP contribution is -2.03. The second-order valence-corrected chi connectivity index (χ2v) is 6.51. The zero-order chi connectivity index (χ0) is 14.0. The number of thiazole rings is 1. The van der Waals surface area contributed by atoms with Gasteiger partial charge in [0.15, 0.2) is 0 Å². The van der Waals surface area contributed by atoms with Crippen molar-refractivity contribution in [2.45, 2.75) is 39.3 Å². The zero-order valence-corrected chi connectivity index (χ0v) is 14.0. The predicted octanol–water partition coefficient (Wildman–Crippen LogP) is 3.98. The highest BCUT2D eigenvalue weighted by atomic mass is 79.9. The van der Waals surface area contributed by atoms with Crippen LogP contribution in [0.1, 0.15) is 49.2 Å². The van der Waals surface area contributed by atoms with Gasteiger partial charge in [0, 0.05) is 18.7 Å². The summed E-state index contributed by atoms with van der Waals surface area (Å²) in [6.07, 6.45) is 2.06. The molecule has 6 heteroatoms. The van der Waals surface area contributed by atoms with Crippen molar-refractivity contribution in [2.75, 3.05) is 7.11 Å². The van der Waals surface area contributed by atoms with Crippen molar-refractivity contribution in [3.63, 3.8) is 0 Å². The molecule has 2 rings (SSSR count). The molecule has 19 heavy (non-hydrogen) atoms. The molecule has 2 heterocycles. The summed E-state index contributed by atoms with van der Waals surface area (Å²) < 4.78 is 8.26. The van der Waals surface area contributed by atoms with E-state index in [0.29, 0.717) is 12.5 Å². The van der Waals surface area contributed by atoms with Crippen LogP contribution in [0.15, 0.2) is 16.0 Å². The van der Waals surface area contributed by atoms with E-state index in [9.17, 15) is 0 Å². The molecule has 1 unspecified atom stereocenters. The molecule has 0 aliphatic carbocycles. The molecule has 0 aliphatic heterocycles. The molecule has 0 aliphatic rings. The van der Waals surface area contributed by atoms with E-state index in [1.807, 2.05) is 17.8 Å². The van der Waals surface area contributed by atoms with E-state index >= 15 is 0 Å². The van der Waals surface area contributed by atoms with Crippen LogP contribution in [0.4, 0.5) is 0 Å². The van der Waals surface area contributed by atoms with Gasteiger partial charge < -0.3 is 4.74 Å². The topological polar surface area (TPSA) is 39.9 Å². The van der Waals surface area contributed by atoms with E-state index in [0.717, 1.165) is 20.9 Å². The first-order chi connectivity index (χ1) is 9.01. The molecule has 0 saturated carbocycles. The van der Waals surface area contributed by atoms with E-state index in [4.69, 9.17) is 4.74 Å². The van der Waals surface area contributed by atoms with Crippen molar-refractivity contribution in [1.82, 2.24) is 14.8 Å². The lowest BCUT2D eigenvalue weighted by Gasteiger charge is -2.04. The van der Waals surface area contributed by atoms with Gasteiger partial charge in [-0.1, -0.05) is 13.8 Å². The number of ether oxygens (including phenoxy) is 1. The Morgan fingerprint density at radius 3 is 2.74 bits per heavy atom. The summed E-state index contributed by atoms with van der Waals surface area (Å²) in [4.78, 5) is 4.58. The molecular formula is C13H18BrN3OS. The van der Waals surface area contributed by atoms with Gasteiger partial charge in [-0.15, -0.1) is 11.3 Å². The molecule has 104 valence electrons. The molecule has 0 saturated heterocycles. The van der Waals surface area contributed by atoms with Crippen LogP contribution in [-0.4, -0.2) is 21.9 Å². The third kappa shape index (κ3) is 3.43. The lowest BCUT2D eigenvalue weighted by atomic mass is 10.1. The minimum absolute atomic E-state index is 0.0503. The molecule has 2 aromatic heterocycles. The Labute approximate surface area is 125 Å². The summed E-state index contributed by atoms with van der Waals surface area (Å²) in [5.74, 6) is 0.412. The van der Waals surface area contributed by atoms with Gasteiger partial charge in [0.05, 0.1) is 22.4 Å². The van der Waals surface area contributed by atoms with Crippen LogP contribution in [0, 0.1) is 0 Å². The molecular weight excluding hydrogens is 326 g/mol. The summed E-state index contributed by atoms with van der Waals surface area (Å²) in [7, 11) is 1.70. The van der Waals surface area contributed by atoms with Crippen LogP contribution in [0.25, 0.3) is 0 Å². The number of nitrogens with zero attached hydrogens (tertiary/aromatic N) is 3. The van der Waals surface area contributed by atoms with Gasteiger partial charge in [-0.2, -0.15) is 5.10 Å². The first-order valence-electron chi connectivity index (χ1n) is 6.21. The highest BCUT2D eigenvalue weighted by Gasteiger charge is 2.13. The highest BCUT2D eigenvalue weighted by molar-refractivity contribution is 9.10. The lowest BCUT2D eigenvalue weighted by molar-refractivity contribution is 0.119. The average molecular weight is 344 g/mol. The van der Waals surface area contributed by atoms with Crippen molar-refractivity contribution >= 4 is 27.3 Å². The Balaban J connectivity index is 2.13. The average Bonchev–Trinajstić information content (AvgIpc) is 2.95. The maximum absolute atomic E-state index is 5.27. The first-order valence-corrected chi connectivity index (χ1v) is 7.88. The van der Waals surface area contributed by atoms with Gasteiger partial charge in [0.1, 0.15) is 11.1 Å². The molecule has 2 aromatic rings. The normalized spacial score (nSPS) is 13.2. The number of methoxy groups -OCH3 is 1. The van der Waals surface area contributed by atoms with Crippen LogP contribution < -0.4 is 0 Å². The van der Waals surface area contributed by atoms with Gasteiger partial charge in [-0.3, -0.25) is 4.68 Å². The van der Waals surface area contributed by atoms with Crippen molar-refractivity contribution in [3.05, 3.63) is 32.4 Å². The van der Waals surface area contributed by atoms with E-state index < -0.39 is 0 Å². The minimum Gasteiger partial charge on any atom is -0.375 e. The first kappa shape index (κ1) is 14.7. The van der Waals surface area contributed by atoms with Gasteiger partial charge in [-0.05, 0) is 28.8 Å². The molecule has 1 atom stereocenters. The summed E-state index contributed by atoms with van der Waals surface area (Å²) >= 11 is 5.18. The van der Waals surface area contributed by atoms with Crippen LogP contribution in [0.5, 0.6) is 0 Å². The van der Waals surface area contributed by atoms with E-state index in [2.05, 4.69) is 45.2 Å². The van der Waals surface area contributed by atoms with Gasteiger partial charge in [0.25, 0.3) is 0 Å². The molecule has 0 fully saturated rings. The molecule has 0 radical (unpaired) electrons. The van der Waals surface area contributed by atoms with Crippen molar-refractivity contribution < 1.29 is 4.74 Å². The Kier molecular flexibility index (Phi) is 4.76. The number of halogens is 1. The van der Waals surface area contributed by atoms with Crippen molar-refractivity contribution in [3.8, 4) is 0 Å². The number of rotatable bonds is 5. The smallest absolute Gasteiger partial charge is 0.122 e. The van der Waals surface area contributed by atoms with Gasteiger partial charge in [-0.25, -0.2) is 4.98 Å². The standard InChI is InChI=1S/C13H18BrN3OS/c1-8(2)12-11(14)6-17(16-12)5-10-7-19-13(15-10)9(3)18-4/h6-9H,5H2,1-4H3. The van der Waals surface area contributed by atoms with Crippen LogP contribution >= 0.6 is 27.3 Å². The van der Waals surface area contributed by atoms with E-state index in [1.165, 1.54) is 0 Å². The third-order valence-electron chi connectivity index (χ3n) is 2.88. The molecule has 4 nitrogen and oxygen atoms in total. The van der Waals surface area contributed by atoms with Crippen LogP contribution in [0.2, 0.25) is 0 Å². The van der Waals surface area contributed by atoms with Gasteiger partial charge in [0.2, 0.25) is 0 Å². The zero-order valence-electron chi connectivity index (χ0n) is 11.6. The van der Waals surface area contributed by atoms with Crippen LogP contribution in [-0.2, 0) is 11.3 Å². The number of hydrogen-bond donors (Lipinski definition) is 0. The largest absolute Gasteiger partial charge is 0.375 e. The Morgan fingerprint density at radius 2 is 2.16 bits per heavy atom. The van der Waals surface area contributed by atoms with Gasteiger partial charge >= 0.3 is 0 Å². The maximum Gasteiger partial charge on any atom is 0.122 e. The SMILES string of the molecule is COC(C)c1nc(Cn2cc(Br)c(C(C)C)n2)cs1. The monoisotopic (exact) mass is 343 g/mol. The predicted molar refractivity (Wildman–Crippen MR) is 80.7 cm³/mol. The maximum atomic E-state index is 5.27. The summed E-state index contributed by atoms with van der Waals surface area (Å²) in [6, 6.07) is 0. The van der Waals surface area contributed by atoms with E-state index in [1.54, 1.807) is 18.4 Å². The Bertz CT molecular complexity index is 550. The summed E-state index contributed by atoms with van der Waals surface area (Å²) in [6.45, 7) is 6.97. The second kappa shape index (κ2) is 6.15. The molecule has 0 N–H and O–H groups in total. The fourth-order valence-electron chi connectivity index (χ4n) is 1.73. The summed E-state index contributed by atoms with van der Waals surface area (Å²) in [5.41, 5.74) is 2.11. The molecule has 0 aromatic carbocycles. The van der Waals surface area contributed by atoms with Crippen molar-refractivity contribution in [2.24, 2.45) is 0 Å². The summed E-state index contributed by atoms with van der Waals surface area (Å²) in [5, 5.41) is 7.65. The second-order valence-electron chi connectivity index (χ2n) is 4.77. The Morgan fingerprint density at radius 1 is 1.42 bits per heavy atom. The Hall–Kier alpha value is -0.720. The quantitative estimate of drug-likeness (QED) is 0.824. The van der Waals surface area contributed by atoms with Crippen LogP contribution in [0.3, 0.4) is 0 Å². The molecule has 0 bridgehead atoms. The highest BCUT2D eigenvalue weighted by Crippen LogP contribution is 2.24. The fraction of sp³-hybridized carbons (Fsp3) is 0.538. The van der Waals surface area contributed by atoms with Crippen molar-refractivity contribution in [1.29, 1.82) is 0 Å².